The Hall–Kier alpha value is -3.86. The molecule has 0 spiro atoms. The number of nitrogens with two attached hydrogens (primary N) is 1. The van der Waals surface area contributed by atoms with Crippen LogP contribution in [0.5, 0.6) is 0 Å². The zero-order chi connectivity index (χ0) is 25.6. The van der Waals surface area contributed by atoms with Crippen LogP contribution < -0.4 is 21.7 Å². The van der Waals surface area contributed by atoms with Crippen molar-refractivity contribution in [1.82, 2.24) is 15.6 Å². The van der Waals surface area contributed by atoms with Gasteiger partial charge in [-0.3, -0.25) is 19.6 Å². The Morgan fingerprint density at radius 3 is 2.57 bits per heavy atom. The summed E-state index contributed by atoms with van der Waals surface area (Å²) in [5.74, 6) is -0.928. The molecule has 0 saturated heterocycles. The highest BCUT2D eigenvalue weighted by Gasteiger charge is 2.51. The first-order chi connectivity index (χ1) is 16.6. The lowest BCUT2D eigenvalue weighted by molar-refractivity contribution is -0.137. The molecule has 2 aromatic rings. The van der Waals surface area contributed by atoms with Gasteiger partial charge in [0.1, 0.15) is 5.54 Å². The normalized spacial score (nSPS) is 14.9. The second-order valence-electron chi connectivity index (χ2n) is 7.65. The van der Waals surface area contributed by atoms with Gasteiger partial charge in [0.05, 0.1) is 40.9 Å². The van der Waals surface area contributed by atoms with E-state index in [0.29, 0.717) is 24.2 Å². The molecule has 8 nitrogen and oxygen atoms in total. The Kier molecular flexibility index (Phi) is 7.80. The molecule has 1 aromatic heterocycles. The Labute approximate surface area is 204 Å². The van der Waals surface area contributed by atoms with Crippen molar-refractivity contribution >= 4 is 41.0 Å². The van der Waals surface area contributed by atoms with Gasteiger partial charge in [0, 0.05) is 23.6 Å². The van der Waals surface area contributed by atoms with Crippen molar-refractivity contribution in [3.8, 4) is 0 Å². The van der Waals surface area contributed by atoms with Crippen LogP contribution >= 0.6 is 11.6 Å². The third kappa shape index (κ3) is 6.60. The molecular weight excluding hydrogens is 485 g/mol. The van der Waals surface area contributed by atoms with Gasteiger partial charge in [-0.25, -0.2) is 0 Å². The van der Waals surface area contributed by atoms with Crippen molar-refractivity contribution in [3.63, 3.8) is 0 Å². The number of pyridine rings is 1. The lowest BCUT2D eigenvalue weighted by Crippen LogP contribution is -2.49. The number of carbonyl (C=O) groups excluding carboxylic acids is 2. The number of carbonyl (C=O) groups is 2. The number of hydrogen-bond acceptors (Lipinski definition) is 6. The van der Waals surface area contributed by atoms with E-state index in [1.807, 2.05) is 0 Å². The van der Waals surface area contributed by atoms with Crippen molar-refractivity contribution < 1.29 is 22.8 Å². The molecule has 1 fully saturated rings. The SMILES string of the molecule is C=C/N=C\C(=C/N)C(=O)NC1(C(=O)NCc2ccc(Nc3ccc(Cl)cc3C(F)(F)F)cn2)CC1. The number of amides is 2. The molecule has 5 N–H and O–H groups in total. The largest absolute Gasteiger partial charge is 0.418 e. The number of alkyl halides is 3. The summed E-state index contributed by atoms with van der Waals surface area (Å²) in [6, 6.07) is 6.52. The molecule has 184 valence electrons. The number of nitrogens with zero attached hydrogens (tertiary/aromatic N) is 2. The first kappa shape index (κ1) is 25.8. The summed E-state index contributed by atoms with van der Waals surface area (Å²) in [5, 5.41) is 8.02. The zero-order valence-electron chi connectivity index (χ0n) is 18.3. The highest BCUT2D eigenvalue weighted by Crippen LogP contribution is 2.38. The minimum atomic E-state index is -4.59. The maximum absolute atomic E-state index is 13.3. The van der Waals surface area contributed by atoms with Crippen LogP contribution in [0.1, 0.15) is 24.1 Å². The molecule has 2 amide bonds. The molecule has 3 rings (SSSR count). The number of halogens is 4. The molecule has 0 aliphatic heterocycles. The summed E-state index contributed by atoms with van der Waals surface area (Å²) in [6.07, 6.45) is 1.24. The van der Waals surface area contributed by atoms with Gasteiger partial charge in [-0.15, -0.1) is 0 Å². The summed E-state index contributed by atoms with van der Waals surface area (Å²) in [6.45, 7) is 3.47. The zero-order valence-corrected chi connectivity index (χ0v) is 19.1. The van der Waals surface area contributed by atoms with E-state index in [4.69, 9.17) is 17.3 Å². The molecule has 0 radical (unpaired) electrons. The quantitative estimate of drug-likeness (QED) is 0.304. The maximum atomic E-state index is 13.3. The fraction of sp³-hybridized carbons (Fsp3) is 0.217. The number of aromatic nitrogens is 1. The molecule has 1 aromatic carbocycles. The highest BCUT2D eigenvalue weighted by molar-refractivity contribution is 6.30. The van der Waals surface area contributed by atoms with E-state index < -0.39 is 23.2 Å². The van der Waals surface area contributed by atoms with Crippen LogP contribution in [0.3, 0.4) is 0 Å². The lowest BCUT2D eigenvalue weighted by Gasteiger charge is -2.17. The number of aliphatic imine (C=N–C) groups is 1. The minimum Gasteiger partial charge on any atom is -0.404 e. The molecule has 0 unspecified atom stereocenters. The van der Waals surface area contributed by atoms with Crippen LogP contribution in [0.2, 0.25) is 5.02 Å². The molecular formula is C23H22ClF3N6O2. The average Bonchev–Trinajstić information content (AvgIpc) is 3.60. The summed E-state index contributed by atoms with van der Waals surface area (Å²) in [7, 11) is 0. The fourth-order valence-corrected chi connectivity index (χ4v) is 3.26. The first-order valence-electron chi connectivity index (χ1n) is 10.3. The predicted molar refractivity (Wildman–Crippen MR) is 127 cm³/mol. The van der Waals surface area contributed by atoms with Crippen LogP contribution in [0.4, 0.5) is 24.5 Å². The van der Waals surface area contributed by atoms with E-state index in [9.17, 15) is 22.8 Å². The van der Waals surface area contributed by atoms with E-state index >= 15 is 0 Å². The van der Waals surface area contributed by atoms with Crippen LogP contribution in [0.15, 0.2) is 66.1 Å². The van der Waals surface area contributed by atoms with Crippen molar-refractivity contribution in [2.75, 3.05) is 5.32 Å². The Bertz CT molecular complexity index is 1170. The van der Waals surface area contributed by atoms with Gasteiger partial charge >= 0.3 is 6.18 Å². The van der Waals surface area contributed by atoms with Gasteiger partial charge < -0.3 is 21.7 Å². The number of anilines is 2. The third-order valence-electron chi connectivity index (χ3n) is 5.12. The topological polar surface area (TPSA) is 121 Å². The van der Waals surface area contributed by atoms with Crippen molar-refractivity contribution in [2.45, 2.75) is 31.1 Å². The van der Waals surface area contributed by atoms with Gasteiger partial charge in [-0.05, 0) is 43.2 Å². The van der Waals surface area contributed by atoms with E-state index in [1.54, 1.807) is 6.07 Å². The van der Waals surface area contributed by atoms with Crippen molar-refractivity contribution in [2.24, 2.45) is 10.7 Å². The van der Waals surface area contributed by atoms with Crippen molar-refractivity contribution in [3.05, 3.63) is 77.4 Å². The number of rotatable bonds is 9. The molecule has 12 heteroatoms. The number of nitrogens with one attached hydrogen (secondary N) is 3. The highest BCUT2D eigenvalue weighted by atomic mass is 35.5. The van der Waals surface area contributed by atoms with E-state index in [0.717, 1.165) is 12.3 Å². The van der Waals surface area contributed by atoms with Gasteiger partial charge in [0.25, 0.3) is 5.91 Å². The lowest BCUT2D eigenvalue weighted by atomic mass is 10.1. The summed E-state index contributed by atoms with van der Waals surface area (Å²) >= 11 is 5.70. The Balaban J connectivity index is 1.59. The maximum Gasteiger partial charge on any atom is 0.418 e. The second kappa shape index (κ2) is 10.6. The smallest absolute Gasteiger partial charge is 0.404 e. The Morgan fingerprint density at radius 2 is 2.00 bits per heavy atom. The summed E-state index contributed by atoms with van der Waals surface area (Å²) in [5.41, 5.74) is 4.20. The van der Waals surface area contributed by atoms with E-state index in [-0.39, 0.29) is 28.7 Å². The molecule has 1 aliphatic carbocycles. The van der Waals surface area contributed by atoms with Crippen LogP contribution in [0, 0.1) is 0 Å². The van der Waals surface area contributed by atoms with Crippen LogP contribution in [-0.2, 0) is 22.3 Å². The number of hydrogen-bond donors (Lipinski definition) is 4. The fourth-order valence-electron chi connectivity index (χ4n) is 3.09. The molecule has 35 heavy (non-hydrogen) atoms. The first-order valence-corrected chi connectivity index (χ1v) is 10.7. The minimum absolute atomic E-state index is 0.0307. The standard InChI is InChI=1S/C23H22ClF3N6O2/c1-2-29-11-14(10-28)20(34)33-22(7-8-22)21(35)31-12-16-4-5-17(13-30-16)32-19-6-3-15(24)9-18(19)23(25,26)27/h2-6,9-11,13,32H,1,7-8,12,28H2,(H,31,35)(H,33,34)/b14-10+,29-11-. The average molecular weight is 507 g/mol. The summed E-state index contributed by atoms with van der Waals surface area (Å²) < 4.78 is 39.8. The molecule has 1 heterocycles. The Morgan fingerprint density at radius 1 is 1.26 bits per heavy atom. The third-order valence-corrected chi connectivity index (χ3v) is 5.35. The molecule has 1 aliphatic rings. The van der Waals surface area contributed by atoms with Gasteiger partial charge in [-0.2, -0.15) is 13.2 Å². The van der Waals surface area contributed by atoms with E-state index in [2.05, 4.69) is 32.5 Å². The van der Waals surface area contributed by atoms with Gasteiger partial charge in [-0.1, -0.05) is 18.2 Å². The molecule has 0 atom stereocenters. The molecule has 1 saturated carbocycles. The monoisotopic (exact) mass is 506 g/mol. The van der Waals surface area contributed by atoms with Crippen molar-refractivity contribution in [1.29, 1.82) is 0 Å². The molecule has 0 bridgehead atoms. The predicted octanol–water partition coefficient (Wildman–Crippen LogP) is 3.82. The summed E-state index contributed by atoms with van der Waals surface area (Å²) in [4.78, 5) is 32.9. The van der Waals surface area contributed by atoms with Crippen LogP contribution in [0.25, 0.3) is 0 Å². The number of benzene rings is 1. The van der Waals surface area contributed by atoms with Crippen LogP contribution in [-0.4, -0.2) is 28.6 Å². The van der Waals surface area contributed by atoms with E-state index in [1.165, 1.54) is 36.8 Å². The van der Waals surface area contributed by atoms with Gasteiger partial charge in [0.2, 0.25) is 5.91 Å². The second-order valence-corrected chi connectivity index (χ2v) is 8.09. The van der Waals surface area contributed by atoms with Gasteiger partial charge in [0.15, 0.2) is 0 Å².